The Labute approximate surface area is 208 Å². The molecule has 9 nitrogen and oxygen atoms in total. The lowest BCUT2D eigenvalue weighted by atomic mass is 10.1. The van der Waals surface area contributed by atoms with Gasteiger partial charge in [-0.2, -0.15) is 0 Å². The van der Waals surface area contributed by atoms with Crippen molar-refractivity contribution < 1.29 is 27.5 Å². The largest absolute Gasteiger partial charge is 0.497 e. The number of nitrogens with zero attached hydrogens (tertiary/aromatic N) is 2. The highest BCUT2D eigenvalue weighted by atomic mass is 32.2. The van der Waals surface area contributed by atoms with Gasteiger partial charge in [0, 0.05) is 12.1 Å². The molecule has 0 aliphatic heterocycles. The average Bonchev–Trinajstić information content (AvgIpc) is 2.79. The van der Waals surface area contributed by atoms with E-state index in [1.807, 2.05) is 20.8 Å². The number of para-hydroxylation sites is 2. The SMILES string of the molecule is COc1ccc(CN(C(=O)CN(c2ccccc2OC)S(C)(=O)=O)C(C)C(=O)NC(C)(C)C)cc1. The van der Waals surface area contributed by atoms with Gasteiger partial charge in [0.15, 0.2) is 0 Å². The van der Waals surface area contributed by atoms with Gasteiger partial charge in [0.05, 0.1) is 26.2 Å². The predicted octanol–water partition coefficient (Wildman–Crippen LogP) is 2.80. The van der Waals surface area contributed by atoms with Crippen molar-refractivity contribution in [3.63, 3.8) is 0 Å². The van der Waals surface area contributed by atoms with Gasteiger partial charge < -0.3 is 19.7 Å². The van der Waals surface area contributed by atoms with E-state index in [0.29, 0.717) is 11.5 Å². The highest BCUT2D eigenvalue weighted by Gasteiger charge is 2.32. The highest BCUT2D eigenvalue weighted by Crippen LogP contribution is 2.29. The molecule has 0 aliphatic carbocycles. The van der Waals surface area contributed by atoms with Gasteiger partial charge in [0.25, 0.3) is 0 Å². The van der Waals surface area contributed by atoms with E-state index in [0.717, 1.165) is 16.1 Å². The van der Waals surface area contributed by atoms with Crippen molar-refractivity contribution >= 4 is 27.5 Å². The van der Waals surface area contributed by atoms with Crippen LogP contribution in [-0.4, -0.2) is 63.7 Å². The Morgan fingerprint density at radius 3 is 2.11 bits per heavy atom. The molecular weight excluding hydrogens is 470 g/mol. The Morgan fingerprint density at radius 2 is 1.60 bits per heavy atom. The Bertz CT molecular complexity index is 1130. The van der Waals surface area contributed by atoms with E-state index < -0.39 is 34.1 Å². The van der Waals surface area contributed by atoms with Crippen molar-refractivity contribution in [2.24, 2.45) is 0 Å². The Morgan fingerprint density at radius 1 is 1.00 bits per heavy atom. The van der Waals surface area contributed by atoms with Crippen LogP contribution in [0.4, 0.5) is 5.69 Å². The minimum Gasteiger partial charge on any atom is -0.497 e. The van der Waals surface area contributed by atoms with Crippen LogP contribution in [0.3, 0.4) is 0 Å². The molecule has 2 aromatic rings. The van der Waals surface area contributed by atoms with Crippen LogP contribution in [0.25, 0.3) is 0 Å². The molecule has 1 N–H and O–H groups in total. The smallest absolute Gasteiger partial charge is 0.244 e. The summed E-state index contributed by atoms with van der Waals surface area (Å²) in [7, 11) is -0.863. The molecule has 35 heavy (non-hydrogen) atoms. The summed E-state index contributed by atoms with van der Waals surface area (Å²) in [5.41, 5.74) is 0.496. The molecule has 0 fully saturated rings. The topological polar surface area (TPSA) is 105 Å². The molecule has 0 saturated heterocycles. The normalized spacial score (nSPS) is 12.4. The Kier molecular flexibility index (Phi) is 9.14. The number of anilines is 1. The monoisotopic (exact) mass is 505 g/mol. The first-order valence-corrected chi connectivity index (χ1v) is 13.0. The minimum atomic E-state index is -3.85. The van der Waals surface area contributed by atoms with Gasteiger partial charge in [0.2, 0.25) is 21.8 Å². The molecule has 1 unspecified atom stereocenters. The molecule has 10 heteroatoms. The maximum absolute atomic E-state index is 13.6. The first-order valence-electron chi connectivity index (χ1n) is 11.1. The summed E-state index contributed by atoms with van der Waals surface area (Å²) in [6, 6.07) is 12.8. The van der Waals surface area contributed by atoms with Crippen molar-refractivity contribution in [2.45, 2.75) is 45.8 Å². The third-order valence-electron chi connectivity index (χ3n) is 5.21. The Balaban J connectivity index is 2.43. The number of methoxy groups -OCH3 is 2. The van der Waals surface area contributed by atoms with Crippen LogP contribution in [0.5, 0.6) is 11.5 Å². The lowest BCUT2D eigenvalue weighted by Crippen LogP contribution is -2.54. The molecule has 0 radical (unpaired) electrons. The van der Waals surface area contributed by atoms with Gasteiger partial charge in [-0.15, -0.1) is 0 Å². The lowest BCUT2D eigenvalue weighted by molar-refractivity contribution is -0.140. The maximum atomic E-state index is 13.6. The summed E-state index contributed by atoms with van der Waals surface area (Å²) in [6.45, 7) is 6.77. The number of carbonyl (C=O) groups is 2. The van der Waals surface area contributed by atoms with Crippen LogP contribution in [0.15, 0.2) is 48.5 Å². The second-order valence-electron chi connectivity index (χ2n) is 9.23. The number of hydrogen-bond donors (Lipinski definition) is 1. The van der Waals surface area contributed by atoms with Crippen molar-refractivity contribution in [1.82, 2.24) is 10.2 Å². The zero-order chi connectivity index (χ0) is 26.4. The summed E-state index contributed by atoms with van der Waals surface area (Å²) in [5.74, 6) is 0.0896. The number of carbonyl (C=O) groups excluding carboxylic acids is 2. The number of hydrogen-bond acceptors (Lipinski definition) is 6. The van der Waals surface area contributed by atoms with E-state index in [4.69, 9.17) is 9.47 Å². The number of nitrogens with one attached hydrogen (secondary N) is 1. The van der Waals surface area contributed by atoms with Crippen LogP contribution in [0.2, 0.25) is 0 Å². The fourth-order valence-corrected chi connectivity index (χ4v) is 4.27. The van der Waals surface area contributed by atoms with Gasteiger partial charge in [-0.25, -0.2) is 8.42 Å². The standard InChI is InChI=1S/C25H35N3O6S/c1-18(24(30)26-25(2,3)4)27(16-19-12-14-20(33-5)15-13-19)23(29)17-28(35(7,31)32)21-10-8-9-11-22(21)34-6/h8-15,18H,16-17H2,1-7H3,(H,26,30). The van der Waals surface area contributed by atoms with Crippen molar-refractivity contribution in [1.29, 1.82) is 0 Å². The predicted molar refractivity (Wildman–Crippen MR) is 136 cm³/mol. The fourth-order valence-electron chi connectivity index (χ4n) is 3.41. The van der Waals surface area contributed by atoms with Gasteiger partial charge in [-0.05, 0) is 57.5 Å². The van der Waals surface area contributed by atoms with E-state index in [2.05, 4.69) is 5.32 Å². The van der Waals surface area contributed by atoms with Gasteiger partial charge in [-0.1, -0.05) is 24.3 Å². The second-order valence-corrected chi connectivity index (χ2v) is 11.1. The third kappa shape index (κ3) is 7.88. The molecule has 0 aromatic heterocycles. The number of ether oxygens (including phenoxy) is 2. The molecule has 0 bridgehead atoms. The third-order valence-corrected chi connectivity index (χ3v) is 6.34. The first kappa shape index (κ1) is 28.0. The van der Waals surface area contributed by atoms with Gasteiger partial charge >= 0.3 is 0 Å². The summed E-state index contributed by atoms with van der Waals surface area (Å²) in [6.07, 6.45) is 1.02. The molecule has 2 amide bonds. The number of rotatable bonds is 10. The van der Waals surface area contributed by atoms with E-state index in [1.54, 1.807) is 62.6 Å². The van der Waals surface area contributed by atoms with Crippen molar-refractivity contribution in [3.05, 3.63) is 54.1 Å². The summed E-state index contributed by atoms with van der Waals surface area (Å²) in [4.78, 5) is 27.9. The van der Waals surface area contributed by atoms with E-state index >= 15 is 0 Å². The number of benzene rings is 2. The van der Waals surface area contributed by atoms with E-state index in [9.17, 15) is 18.0 Å². The highest BCUT2D eigenvalue weighted by molar-refractivity contribution is 7.92. The van der Waals surface area contributed by atoms with Crippen LogP contribution in [0.1, 0.15) is 33.3 Å². The van der Waals surface area contributed by atoms with Crippen LogP contribution < -0.4 is 19.1 Å². The van der Waals surface area contributed by atoms with Crippen molar-refractivity contribution in [3.8, 4) is 11.5 Å². The molecule has 2 rings (SSSR count). The number of amides is 2. The lowest BCUT2D eigenvalue weighted by Gasteiger charge is -2.33. The van der Waals surface area contributed by atoms with E-state index in [-0.39, 0.29) is 18.1 Å². The quantitative estimate of drug-likeness (QED) is 0.532. The minimum absolute atomic E-state index is 0.102. The molecule has 1 atom stereocenters. The number of sulfonamides is 1. The van der Waals surface area contributed by atoms with Crippen LogP contribution in [-0.2, 0) is 26.2 Å². The second kappa shape index (κ2) is 11.4. The molecule has 0 saturated carbocycles. The molecule has 0 heterocycles. The molecule has 0 aliphatic rings. The summed E-state index contributed by atoms with van der Waals surface area (Å²) < 4.78 is 36.9. The summed E-state index contributed by atoms with van der Waals surface area (Å²) in [5, 5.41) is 2.89. The molecule has 0 spiro atoms. The van der Waals surface area contributed by atoms with Crippen LogP contribution >= 0.6 is 0 Å². The molecular formula is C25H35N3O6S. The zero-order valence-corrected chi connectivity index (χ0v) is 22.2. The fraction of sp³-hybridized carbons (Fsp3) is 0.440. The Hall–Kier alpha value is -3.27. The summed E-state index contributed by atoms with van der Waals surface area (Å²) >= 11 is 0. The van der Waals surface area contributed by atoms with Gasteiger partial charge in [0.1, 0.15) is 24.1 Å². The van der Waals surface area contributed by atoms with E-state index in [1.165, 1.54) is 12.0 Å². The first-order chi connectivity index (χ1) is 16.3. The molecule has 2 aromatic carbocycles. The van der Waals surface area contributed by atoms with Gasteiger partial charge in [-0.3, -0.25) is 13.9 Å². The molecule has 192 valence electrons. The van der Waals surface area contributed by atoms with Crippen LogP contribution in [0, 0.1) is 0 Å². The maximum Gasteiger partial charge on any atom is 0.244 e. The van der Waals surface area contributed by atoms with Crippen molar-refractivity contribution in [2.75, 3.05) is 31.3 Å². The zero-order valence-electron chi connectivity index (χ0n) is 21.4. The average molecular weight is 506 g/mol.